The molecule has 2 aromatic rings. The maximum atomic E-state index is 12.7. The number of aromatic nitrogens is 2. The van der Waals surface area contributed by atoms with Crippen LogP contribution in [0.25, 0.3) is 11.3 Å². The molecule has 1 heterocycles. The minimum Gasteiger partial charge on any atom is -0.326 e. The molecular weight excluding hydrogens is 310 g/mol. The van der Waals surface area contributed by atoms with Crippen molar-refractivity contribution in [2.45, 2.75) is 34.6 Å². The summed E-state index contributed by atoms with van der Waals surface area (Å²) in [6.07, 6.45) is 3.96. The number of carbonyl (C=O) groups is 1. The summed E-state index contributed by atoms with van der Waals surface area (Å²) < 4.78 is 0. The number of amides is 1. The molecule has 4 heteroatoms. The lowest BCUT2D eigenvalue weighted by Gasteiger charge is -2.08. The molecule has 1 saturated carbocycles. The number of rotatable bonds is 4. The molecule has 0 radical (unpaired) electrons. The molecule has 2 atom stereocenters. The molecule has 1 N–H and O–H groups in total. The Morgan fingerprint density at radius 3 is 2.68 bits per heavy atom. The first-order valence-electron chi connectivity index (χ1n) is 8.65. The molecule has 1 aliphatic carbocycles. The van der Waals surface area contributed by atoms with E-state index in [0.29, 0.717) is 5.92 Å². The standard InChI is InChI=1S/C21H25N3O/c1-13(2)11-17-19(21(17,4)5)20(25)24-16-8-6-7-15(12-16)18-9-10-22-14(3)23-18/h6-12,17,19H,1-5H3,(H,24,25)/t17-,19-/m1/s1. The van der Waals surface area contributed by atoms with Gasteiger partial charge in [0.2, 0.25) is 5.91 Å². The first kappa shape index (κ1) is 17.3. The molecule has 4 nitrogen and oxygen atoms in total. The van der Waals surface area contributed by atoms with E-state index in [9.17, 15) is 4.79 Å². The largest absolute Gasteiger partial charge is 0.326 e. The smallest absolute Gasteiger partial charge is 0.228 e. The fourth-order valence-corrected chi connectivity index (χ4v) is 3.44. The van der Waals surface area contributed by atoms with Gasteiger partial charge >= 0.3 is 0 Å². The third-order valence-electron chi connectivity index (χ3n) is 4.91. The normalized spacial score (nSPS) is 20.7. The van der Waals surface area contributed by atoms with Crippen molar-refractivity contribution in [3.8, 4) is 11.3 Å². The van der Waals surface area contributed by atoms with E-state index in [-0.39, 0.29) is 17.2 Å². The number of hydrogen-bond donors (Lipinski definition) is 1. The summed E-state index contributed by atoms with van der Waals surface area (Å²) in [6, 6.07) is 9.69. The van der Waals surface area contributed by atoms with Crippen LogP contribution in [0.1, 0.15) is 33.5 Å². The molecule has 1 aliphatic rings. The van der Waals surface area contributed by atoms with Gasteiger partial charge in [0.05, 0.1) is 11.6 Å². The molecule has 3 rings (SSSR count). The highest BCUT2D eigenvalue weighted by molar-refractivity contribution is 5.96. The lowest BCUT2D eigenvalue weighted by Crippen LogP contribution is -2.16. The minimum absolute atomic E-state index is 0.0166. The second-order valence-electron chi connectivity index (χ2n) is 7.63. The van der Waals surface area contributed by atoms with Gasteiger partial charge in [-0.1, -0.05) is 37.6 Å². The van der Waals surface area contributed by atoms with E-state index in [1.165, 1.54) is 5.57 Å². The summed E-state index contributed by atoms with van der Waals surface area (Å²) in [7, 11) is 0. The Bertz CT molecular complexity index is 835. The van der Waals surface area contributed by atoms with Crippen molar-refractivity contribution >= 4 is 11.6 Å². The van der Waals surface area contributed by atoms with E-state index in [2.05, 4.69) is 49.1 Å². The van der Waals surface area contributed by atoms with Gasteiger partial charge in [-0.2, -0.15) is 0 Å². The Kier molecular flexibility index (Phi) is 4.46. The Balaban J connectivity index is 1.77. The maximum absolute atomic E-state index is 12.7. The zero-order chi connectivity index (χ0) is 18.2. The molecule has 0 saturated heterocycles. The van der Waals surface area contributed by atoms with Gasteiger partial charge in [-0.3, -0.25) is 4.79 Å². The lowest BCUT2D eigenvalue weighted by molar-refractivity contribution is -0.118. The molecule has 130 valence electrons. The van der Waals surface area contributed by atoms with E-state index in [4.69, 9.17) is 0 Å². The van der Waals surface area contributed by atoms with Gasteiger partial charge in [0.25, 0.3) is 0 Å². The van der Waals surface area contributed by atoms with Crippen molar-refractivity contribution in [1.82, 2.24) is 9.97 Å². The van der Waals surface area contributed by atoms with Crippen LogP contribution >= 0.6 is 0 Å². The van der Waals surface area contributed by atoms with Crippen molar-refractivity contribution in [1.29, 1.82) is 0 Å². The topological polar surface area (TPSA) is 54.9 Å². The second kappa shape index (κ2) is 6.43. The summed E-state index contributed by atoms with van der Waals surface area (Å²) in [4.78, 5) is 21.3. The Morgan fingerprint density at radius 1 is 1.24 bits per heavy atom. The lowest BCUT2D eigenvalue weighted by atomic mass is 10.1. The highest BCUT2D eigenvalue weighted by Gasteiger charge is 2.60. The van der Waals surface area contributed by atoms with Gasteiger partial charge in [0, 0.05) is 17.4 Å². The van der Waals surface area contributed by atoms with Crippen LogP contribution in [0.2, 0.25) is 0 Å². The SMILES string of the molecule is CC(C)=C[C@@H]1[C@H](C(=O)Nc2cccc(-c3ccnc(C)n3)c2)C1(C)C. The summed E-state index contributed by atoms with van der Waals surface area (Å²) in [6.45, 7) is 10.3. The molecule has 0 bridgehead atoms. The van der Waals surface area contributed by atoms with Gasteiger partial charge in [0.1, 0.15) is 5.82 Å². The number of anilines is 1. The minimum atomic E-state index is 0.0166. The first-order valence-corrected chi connectivity index (χ1v) is 8.65. The van der Waals surface area contributed by atoms with Crippen molar-refractivity contribution in [3.63, 3.8) is 0 Å². The third-order valence-corrected chi connectivity index (χ3v) is 4.91. The third kappa shape index (κ3) is 3.63. The number of nitrogens with zero attached hydrogens (tertiary/aromatic N) is 2. The number of benzene rings is 1. The van der Waals surface area contributed by atoms with Crippen LogP contribution in [-0.2, 0) is 4.79 Å². The molecule has 1 aromatic heterocycles. The van der Waals surface area contributed by atoms with E-state index in [1.807, 2.05) is 37.3 Å². The van der Waals surface area contributed by atoms with Gasteiger partial charge in [-0.25, -0.2) is 9.97 Å². The summed E-state index contributed by atoms with van der Waals surface area (Å²) in [5.74, 6) is 1.15. The molecule has 1 aromatic carbocycles. The van der Waals surface area contributed by atoms with Crippen molar-refractivity contribution in [2.75, 3.05) is 5.32 Å². The molecule has 0 unspecified atom stereocenters. The predicted octanol–water partition coefficient (Wildman–Crippen LogP) is 4.63. The quantitative estimate of drug-likeness (QED) is 0.829. The van der Waals surface area contributed by atoms with Crippen LogP contribution in [0, 0.1) is 24.2 Å². The van der Waals surface area contributed by atoms with Gasteiger partial charge < -0.3 is 5.32 Å². The molecule has 1 amide bonds. The van der Waals surface area contributed by atoms with E-state index < -0.39 is 0 Å². The average Bonchev–Trinajstić information content (AvgIpc) is 3.07. The number of nitrogens with one attached hydrogen (secondary N) is 1. The molecule has 0 aliphatic heterocycles. The summed E-state index contributed by atoms with van der Waals surface area (Å²) in [5, 5.41) is 3.08. The predicted molar refractivity (Wildman–Crippen MR) is 101 cm³/mol. The van der Waals surface area contributed by atoms with Gasteiger partial charge in [-0.05, 0) is 50.3 Å². The van der Waals surface area contributed by atoms with E-state index in [1.54, 1.807) is 6.20 Å². The highest BCUT2D eigenvalue weighted by Crippen LogP contribution is 2.59. The van der Waals surface area contributed by atoms with Gasteiger partial charge in [-0.15, -0.1) is 0 Å². The molecule has 25 heavy (non-hydrogen) atoms. The molecule has 0 spiro atoms. The van der Waals surface area contributed by atoms with Crippen LogP contribution in [0.15, 0.2) is 48.2 Å². The fraction of sp³-hybridized carbons (Fsp3) is 0.381. The maximum Gasteiger partial charge on any atom is 0.228 e. The molecular formula is C21H25N3O. The van der Waals surface area contributed by atoms with Crippen molar-refractivity contribution < 1.29 is 4.79 Å². The Hall–Kier alpha value is -2.49. The van der Waals surface area contributed by atoms with Crippen molar-refractivity contribution in [2.24, 2.45) is 17.3 Å². The summed E-state index contributed by atoms with van der Waals surface area (Å²) >= 11 is 0. The number of aryl methyl sites for hydroxylation is 1. The van der Waals surface area contributed by atoms with Gasteiger partial charge in [0.15, 0.2) is 0 Å². The second-order valence-corrected chi connectivity index (χ2v) is 7.63. The fourth-order valence-electron chi connectivity index (χ4n) is 3.44. The summed E-state index contributed by atoms with van der Waals surface area (Å²) in [5.41, 5.74) is 3.91. The van der Waals surface area contributed by atoms with E-state index >= 15 is 0 Å². The number of allylic oxidation sites excluding steroid dienone is 2. The zero-order valence-electron chi connectivity index (χ0n) is 15.5. The van der Waals surface area contributed by atoms with E-state index in [0.717, 1.165) is 22.8 Å². The molecule has 1 fully saturated rings. The number of hydrogen-bond acceptors (Lipinski definition) is 3. The van der Waals surface area contributed by atoms with Crippen LogP contribution in [-0.4, -0.2) is 15.9 Å². The Morgan fingerprint density at radius 2 is 2.00 bits per heavy atom. The zero-order valence-corrected chi connectivity index (χ0v) is 15.5. The Labute approximate surface area is 149 Å². The van der Waals surface area contributed by atoms with Crippen molar-refractivity contribution in [3.05, 3.63) is 54.0 Å². The van der Waals surface area contributed by atoms with Crippen LogP contribution < -0.4 is 5.32 Å². The highest BCUT2D eigenvalue weighted by atomic mass is 16.2. The average molecular weight is 335 g/mol. The van der Waals surface area contributed by atoms with Crippen LogP contribution in [0.4, 0.5) is 5.69 Å². The van der Waals surface area contributed by atoms with Crippen LogP contribution in [0.5, 0.6) is 0 Å². The number of carbonyl (C=O) groups excluding carboxylic acids is 1. The van der Waals surface area contributed by atoms with Crippen LogP contribution in [0.3, 0.4) is 0 Å². The monoisotopic (exact) mass is 335 g/mol. The first-order chi connectivity index (χ1) is 11.8.